The minimum absolute atomic E-state index is 0.178. The molecule has 0 bridgehead atoms. The van der Waals surface area contributed by atoms with Gasteiger partial charge < -0.3 is 5.32 Å². The maximum absolute atomic E-state index is 12.4. The van der Waals surface area contributed by atoms with E-state index in [1.165, 1.54) is 4.90 Å². The van der Waals surface area contributed by atoms with Crippen LogP contribution in [0.5, 0.6) is 0 Å². The molecule has 1 N–H and O–H groups in total. The standard InChI is InChI=1S/C20H19ClN2O3/c1-12-5-8-15-16(10-12)20(26)23(19(15)25)9-3-4-18(24)22-17-11-14(21)7-6-13(17)2/h5-8,10-11H,3-4,9H2,1-2H3,(H,22,24). The molecule has 0 aliphatic carbocycles. The topological polar surface area (TPSA) is 66.5 Å². The summed E-state index contributed by atoms with van der Waals surface area (Å²) in [6, 6.07) is 10.5. The SMILES string of the molecule is Cc1ccc2c(c1)C(=O)N(CCCC(=O)Nc1cc(Cl)ccc1C)C2=O. The van der Waals surface area contributed by atoms with Gasteiger partial charge in [-0.25, -0.2) is 0 Å². The highest BCUT2D eigenvalue weighted by molar-refractivity contribution is 6.31. The summed E-state index contributed by atoms with van der Waals surface area (Å²) in [5, 5.41) is 3.36. The lowest BCUT2D eigenvalue weighted by molar-refractivity contribution is -0.116. The summed E-state index contributed by atoms with van der Waals surface area (Å²) in [4.78, 5) is 38.1. The van der Waals surface area contributed by atoms with Crippen LogP contribution in [0.15, 0.2) is 36.4 Å². The van der Waals surface area contributed by atoms with Crippen LogP contribution in [0.2, 0.25) is 5.02 Å². The van der Waals surface area contributed by atoms with E-state index >= 15 is 0 Å². The molecule has 2 aromatic carbocycles. The molecule has 0 spiro atoms. The van der Waals surface area contributed by atoms with Crippen molar-refractivity contribution in [2.45, 2.75) is 26.7 Å². The van der Waals surface area contributed by atoms with E-state index in [1.807, 2.05) is 26.0 Å². The molecule has 2 aromatic rings. The Morgan fingerprint density at radius 2 is 1.77 bits per heavy atom. The van der Waals surface area contributed by atoms with E-state index in [0.717, 1.165) is 11.1 Å². The molecule has 0 radical (unpaired) electrons. The molecule has 0 atom stereocenters. The predicted octanol–water partition coefficient (Wildman–Crippen LogP) is 3.97. The maximum atomic E-state index is 12.4. The molecule has 3 amide bonds. The molecule has 0 aromatic heterocycles. The number of hydrogen-bond acceptors (Lipinski definition) is 3. The quantitative estimate of drug-likeness (QED) is 0.810. The number of amides is 3. The molecular weight excluding hydrogens is 352 g/mol. The number of nitrogens with one attached hydrogen (secondary N) is 1. The van der Waals surface area contributed by atoms with Gasteiger partial charge in [0.15, 0.2) is 0 Å². The Morgan fingerprint density at radius 1 is 1.04 bits per heavy atom. The minimum Gasteiger partial charge on any atom is -0.326 e. The van der Waals surface area contributed by atoms with Gasteiger partial charge in [-0.3, -0.25) is 19.3 Å². The number of carbonyl (C=O) groups is 3. The predicted molar refractivity (Wildman–Crippen MR) is 101 cm³/mol. The normalized spacial score (nSPS) is 13.1. The highest BCUT2D eigenvalue weighted by Gasteiger charge is 2.34. The van der Waals surface area contributed by atoms with Gasteiger partial charge in [0.25, 0.3) is 11.8 Å². The zero-order chi connectivity index (χ0) is 18.8. The van der Waals surface area contributed by atoms with Crippen molar-refractivity contribution in [1.29, 1.82) is 0 Å². The number of aryl methyl sites for hydroxylation is 2. The number of benzene rings is 2. The first kappa shape index (κ1) is 18.1. The summed E-state index contributed by atoms with van der Waals surface area (Å²) in [5.74, 6) is -0.765. The molecule has 3 rings (SSSR count). The summed E-state index contributed by atoms with van der Waals surface area (Å²) in [5.41, 5.74) is 3.38. The van der Waals surface area contributed by atoms with Crippen molar-refractivity contribution in [3.63, 3.8) is 0 Å². The van der Waals surface area contributed by atoms with Gasteiger partial charge in [0.05, 0.1) is 11.1 Å². The van der Waals surface area contributed by atoms with E-state index in [4.69, 9.17) is 11.6 Å². The second-order valence-corrected chi connectivity index (χ2v) is 6.86. The van der Waals surface area contributed by atoms with E-state index in [2.05, 4.69) is 5.32 Å². The van der Waals surface area contributed by atoms with Crippen LogP contribution in [0, 0.1) is 13.8 Å². The van der Waals surface area contributed by atoms with E-state index < -0.39 is 0 Å². The Morgan fingerprint density at radius 3 is 2.54 bits per heavy atom. The zero-order valence-corrected chi connectivity index (χ0v) is 15.4. The zero-order valence-electron chi connectivity index (χ0n) is 14.6. The Kier molecular flexibility index (Phi) is 5.09. The van der Waals surface area contributed by atoms with Gasteiger partial charge in [-0.2, -0.15) is 0 Å². The summed E-state index contributed by atoms with van der Waals surface area (Å²) in [6.07, 6.45) is 0.605. The van der Waals surface area contributed by atoms with Gasteiger partial charge in [0.1, 0.15) is 0 Å². The second kappa shape index (κ2) is 7.30. The van der Waals surface area contributed by atoms with Crippen LogP contribution < -0.4 is 5.32 Å². The van der Waals surface area contributed by atoms with Gasteiger partial charge >= 0.3 is 0 Å². The monoisotopic (exact) mass is 370 g/mol. The largest absolute Gasteiger partial charge is 0.326 e. The molecular formula is C20H19ClN2O3. The molecule has 26 heavy (non-hydrogen) atoms. The highest BCUT2D eigenvalue weighted by atomic mass is 35.5. The molecule has 0 saturated heterocycles. The Hall–Kier alpha value is -2.66. The summed E-state index contributed by atoms with van der Waals surface area (Å²) >= 11 is 5.95. The van der Waals surface area contributed by atoms with Gasteiger partial charge in [-0.15, -0.1) is 0 Å². The Balaban J connectivity index is 1.57. The molecule has 134 valence electrons. The van der Waals surface area contributed by atoms with Gasteiger partial charge in [0, 0.05) is 23.7 Å². The van der Waals surface area contributed by atoms with Crippen LogP contribution in [0.1, 0.15) is 44.7 Å². The van der Waals surface area contributed by atoms with Gasteiger partial charge in [-0.05, 0) is 50.1 Å². The van der Waals surface area contributed by atoms with Crippen molar-refractivity contribution in [2.24, 2.45) is 0 Å². The van der Waals surface area contributed by atoms with Crippen LogP contribution in [0.4, 0.5) is 5.69 Å². The third-order valence-corrected chi connectivity index (χ3v) is 4.62. The smallest absolute Gasteiger partial charge is 0.261 e. The first-order chi connectivity index (χ1) is 12.4. The number of imide groups is 1. The lowest BCUT2D eigenvalue weighted by atomic mass is 10.1. The Bertz CT molecular complexity index is 908. The second-order valence-electron chi connectivity index (χ2n) is 6.42. The number of halogens is 1. The number of carbonyl (C=O) groups excluding carboxylic acids is 3. The first-order valence-electron chi connectivity index (χ1n) is 8.39. The van der Waals surface area contributed by atoms with Crippen molar-refractivity contribution >= 4 is 35.0 Å². The van der Waals surface area contributed by atoms with Crippen LogP contribution in [-0.2, 0) is 4.79 Å². The number of fused-ring (bicyclic) bond motifs is 1. The fourth-order valence-electron chi connectivity index (χ4n) is 2.95. The number of nitrogens with zero attached hydrogens (tertiary/aromatic N) is 1. The van der Waals surface area contributed by atoms with Crippen LogP contribution in [-0.4, -0.2) is 29.2 Å². The molecule has 5 nitrogen and oxygen atoms in total. The molecule has 1 heterocycles. The van der Waals surface area contributed by atoms with Crippen LogP contribution in [0.25, 0.3) is 0 Å². The van der Waals surface area contributed by atoms with E-state index in [0.29, 0.717) is 28.3 Å². The number of hydrogen-bond donors (Lipinski definition) is 1. The van der Waals surface area contributed by atoms with Crippen molar-refractivity contribution in [3.8, 4) is 0 Å². The van der Waals surface area contributed by atoms with Crippen LogP contribution >= 0.6 is 11.6 Å². The fraction of sp³-hybridized carbons (Fsp3) is 0.250. The summed E-state index contributed by atoms with van der Waals surface area (Å²) < 4.78 is 0. The highest BCUT2D eigenvalue weighted by Crippen LogP contribution is 2.24. The minimum atomic E-state index is -0.295. The maximum Gasteiger partial charge on any atom is 0.261 e. The van der Waals surface area contributed by atoms with E-state index in [9.17, 15) is 14.4 Å². The molecule has 0 saturated carbocycles. The molecule has 0 fully saturated rings. The molecule has 1 aliphatic rings. The third kappa shape index (κ3) is 3.63. The van der Waals surface area contributed by atoms with Gasteiger partial charge in [0.2, 0.25) is 5.91 Å². The summed E-state index contributed by atoms with van der Waals surface area (Å²) in [6.45, 7) is 3.98. The average Bonchev–Trinajstić information content (AvgIpc) is 2.82. The number of rotatable bonds is 5. The van der Waals surface area contributed by atoms with Crippen molar-refractivity contribution in [1.82, 2.24) is 4.90 Å². The van der Waals surface area contributed by atoms with E-state index in [-0.39, 0.29) is 30.7 Å². The average molecular weight is 371 g/mol. The lowest BCUT2D eigenvalue weighted by Crippen LogP contribution is -2.31. The summed E-state index contributed by atoms with van der Waals surface area (Å²) in [7, 11) is 0. The fourth-order valence-corrected chi connectivity index (χ4v) is 3.12. The van der Waals surface area contributed by atoms with Crippen LogP contribution in [0.3, 0.4) is 0 Å². The first-order valence-corrected chi connectivity index (χ1v) is 8.77. The molecule has 0 unspecified atom stereocenters. The van der Waals surface area contributed by atoms with E-state index in [1.54, 1.807) is 24.3 Å². The molecule has 6 heteroatoms. The van der Waals surface area contributed by atoms with Gasteiger partial charge in [-0.1, -0.05) is 29.3 Å². The Labute approximate surface area is 156 Å². The lowest BCUT2D eigenvalue weighted by Gasteiger charge is -2.14. The number of anilines is 1. The van der Waals surface area contributed by atoms with Crippen molar-refractivity contribution in [3.05, 3.63) is 63.7 Å². The van der Waals surface area contributed by atoms with Crippen molar-refractivity contribution in [2.75, 3.05) is 11.9 Å². The molecule has 1 aliphatic heterocycles. The van der Waals surface area contributed by atoms with Crippen molar-refractivity contribution < 1.29 is 14.4 Å². The third-order valence-electron chi connectivity index (χ3n) is 4.39.